The van der Waals surface area contributed by atoms with Gasteiger partial charge < -0.3 is 4.57 Å². The number of pyridine rings is 1. The van der Waals surface area contributed by atoms with Crippen LogP contribution in [0.25, 0.3) is 21.6 Å². The Morgan fingerprint density at radius 2 is 1.80 bits per heavy atom. The zero-order valence-corrected chi connectivity index (χ0v) is 15.5. The van der Waals surface area contributed by atoms with E-state index in [9.17, 15) is 13.2 Å². The van der Waals surface area contributed by atoms with Crippen molar-refractivity contribution in [3.63, 3.8) is 0 Å². The zero-order chi connectivity index (χ0) is 18.0. The van der Waals surface area contributed by atoms with Crippen LogP contribution in [0.4, 0.5) is 5.00 Å². The van der Waals surface area contributed by atoms with Gasteiger partial charge >= 0.3 is 0 Å². The van der Waals surface area contributed by atoms with Crippen LogP contribution in [0.5, 0.6) is 0 Å². The fourth-order valence-corrected chi connectivity index (χ4v) is 4.43. The third kappa shape index (κ3) is 3.83. The first kappa shape index (κ1) is 17.4. The summed E-state index contributed by atoms with van der Waals surface area (Å²) >= 11 is 1.38. The molecule has 0 aliphatic carbocycles. The lowest BCUT2D eigenvalue weighted by Crippen LogP contribution is -2.14. The maximum Gasteiger partial charge on any atom is 0.250 e. The van der Waals surface area contributed by atoms with Gasteiger partial charge in [0.05, 0.1) is 5.75 Å². The molecular formula is C18H18N2O3S2. The average molecular weight is 374 g/mol. The number of sulfonamides is 1. The fraction of sp³-hybridized carbons (Fsp3) is 0.167. The molecule has 0 radical (unpaired) electrons. The number of hydrogen-bond donors (Lipinski definition) is 1. The summed E-state index contributed by atoms with van der Waals surface area (Å²) in [5, 5.41) is 0.560. The zero-order valence-electron chi connectivity index (χ0n) is 13.9. The molecule has 3 rings (SSSR count). The number of anilines is 1. The van der Waals surface area contributed by atoms with Crippen molar-refractivity contribution in [3.8, 4) is 21.6 Å². The minimum absolute atomic E-state index is 0.0146. The average Bonchev–Trinajstić information content (AvgIpc) is 3.01. The molecule has 0 saturated heterocycles. The van der Waals surface area contributed by atoms with Crippen molar-refractivity contribution >= 4 is 26.4 Å². The van der Waals surface area contributed by atoms with E-state index in [1.807, 2.05) is 36.4 Å². The van der Waals surface area contributed by atoms with Crippen LogP contribution in [0.3, 0.4) is 0 Å². The monoisotopic (exact) mass is 374 g/mol. The Hall–Kier alpha value is -2.38. The maximum atomic E-state index is 11.9. The van der Waals surface area contributed by atoms with Crippen LogP contribution >= 0.6 is 11.3 Å². The van der Waals surface area contributed by atoms with E-state index in [2.05, 4.69) is 4.72 Å². The molecule has 0 unspecified atom stereocenters. The second kappa shape index (κ2) is 6.85. The standard InChI is InChI=1S/C18H18N2O3S2/c1-3-25(22,23)19-16-11-15(14-9-10-17(21)20(2)12-14)18(24-16)13-7-5-4-6-8-13/h4-12,19H,3H2,1-2H3. The van der Waals surface area contributed by atoms with E-state index in [-0.39, 0.29) is 11.3 Å². The van der Waals surface area contributed by atoms with Gasteiger partial charge in [0, 0.05) is 29.8 Å². The highest BCUT2D eigenvalue weighted by molar-refractivity contribution is 7.92. The van der Waals surface area contributed by atoms with E-state index in [0.29, 0.717) is 5.00 Å². The Labute approximate surface area is 150 Å². The van der Waals surface area contributed by atoms with E-state index in [1.54, 1.807) is 26.2 Å². The molecule has 0 amide bonds. The van der Waals surface area contributed by atoms with Gasteiger partial charge in [0.2, 0.25) is 15.6 Å². The van der Waals surface area contributed by atoms with E-state index in [4.69, 9.17) is 0 Å². The summed E-state index contributed by atoms with van der Waals surface area (Å²) in [7, 11) is -1.65. The highest BCUT2D eigenvalue weighted by atomic mass is 32.2. The molecule has 1 aromatic carbocycles. The molecule has 5 nitrogen and oxygen atoms in total. The summed E-state index contributed by atoms with van der Waals surface area (Å²) in [4.78, 5) is 12.6. The highest BCUT2D eigenvalue weighted by Crippen LogP contribution is 2.41. The van der Waals surface area contributed by atoms with Gasteiger partial charge in [-0.15, -0.1) is 11.3 Å². The van der Waals surface area contributed by atoms with Crippen LogP contribution in [0.2, 0.25) is 0 Å². The Balaban J connectivity index is 2.16. The van der Waals surface area contributed by atoms with Gasteiger partial charge in [-0.3, -0.25) is 9.52 Å². The van der Waals surface area contributed by atoms with Crippen LogP contribution in [0.1, 0.15) is 6.92 Å². The van der Waals surface area contributed by atoms with Crippen LogP contribution in [0, 0.1) is 0 Å². The molecule has 0 bridgehead atoms. The number of aromatic nitrogens is 1. The topological polar surface area (TPSA) is 68.2 Å². The normalized spacial score (nSPS) is 11.4. The molecule has 25 heavy (non-hydrogen) atoms. The van der Waals surface area contributed by atoms with E-state index in [0.717, 1.165) is 21.6 Å². The lowest BCUT2D eigenvalue weighted by atomic mass is 10.0. The van der Waals surface area contributed by atoms with E-state index < -0.39 is 10.0 Å². The quantitative estimate of drug-likeness (QED) is 0.743. The molecule has 1 N–H and O–H groups in total. The molecule has 0 atom stereocenters. The summed E-state index contributed by atoms with van der Waals surface area (Å²) in [6.07, 6.45) is 1.76. The molecule has 2 aromatic heterocycles. The van der Waals surface area contributed by atoms with Crippen LogP contribution < -0.4 is 10.3 Å². The number of aryl methyl sites for hydroxylation is 1. The largest absolute Gasteiger partial charge is 0.318 e. The van der Waals surface area contributed by atoms with E-state index in [1.165, 1.54) is 22.0 Å². The molecular weight excluding hydrogens is 356 g/mol. The van der Waals surface area contributed by atoms with E-state index >= 15 is 0 Å². The molecule has 0 aliphatic heterocycles. The number of nitrogens with zero attached hydrogens (tertiary/aromatic N) is 1. The number of thiophene rings is 1. The van der Waals surface area contributed by atoms with Gasteiger partial charge in [-0.25, -0.2) is 8.42 Å². The van der Waals surface area contributed by atoms with Gasteiger partial charge in [0.15, 0.2) is 0 Å². The fourth-order valence-electron chi connectivity index (χ4n) is 2.44. The SMILES string of the molecule is CCS(=O)(=O)Nc1cc(-c2ccc(=O)n(C)c2)c(-c2ccccc2)s1. The van der Waals surface area contributed by atoms with Gasteiger partial charge in [-0.05, 0) is 30.2 Å². The summed E-state index contributed by atoms with van der Waals surface area (Å²) < 4.78 is 28.0. The maximum absolute atomic E-state index is 11.9. The van der Waals surface area contributed by atoms with Gasteiger partial charge in [-0.2, -0.15) is 0 Å². The smallest absolute Gasteiger partial charge is 0.250 e. The molecule has 2 heterocycles. The summed E-state index contributed by atoms with van der Waals surface area (Å²) in [6, 6.07) is 14.9. The third-order valence-corrected chi connectivity index (χ3v) is 6.32. The van der Waals surface area contributed by atoms with Crippen LogP contribution in [0.15, 0.2) is 59.5 Å². The molecule has 130 valence electrons. The first-order valence-electron chi connectivity index (χ1n) is 7.76. The van der Waals surface area contributed by atoms with Crippen LogP contribution in [-0.4, -0.2) is 18.7 Å². The van der Waals surface area contributed by atoms with Crippen LogP contribution in [-0.2, 0) is 17.1 Å². The Morgan fingerprint density at radius 3 is 2.44 bits per heavy atom. The number of benzene rings is 1. The highest BCUT2D eigenvalue weighted by Gasteiger charge is 2.16. The van der Waals surface area contributed by atoms with Gasteiger partial charge in [-0.1, -0.05) is 30.3 Å². The molecule has 0 spiro atoms. The first-order valence-corrected chi connectivity index (χ1v) is 10.2. The predicted molar refractivity (Wildman–Crippen MR) is 104 cm³/mol. The second-order valence-corrected chi connectivity index (χ2v) is 8.66. The van der Waals surface area contributed by atoms with Gasteiger partial charge in [0.1, 0.15) is 5.00 Å². The minimum atomic E-state index is -3.35. The van der Waals surface area contributed by atoms with Gasteiger partial charge in [0.25, 0.3) is 0 Å². The number of hydrogen-bond acceptors (Lipinski definition) is 4. The summed E-state index contributed by atoms with van der Waals surface area (Å²) in [5.74, 6) is 0.0146. The van der Waals surface area contributed by atoms with Crippen molar-refractivity contribution in [2.45, 2.75) is 6.92 Å². The number of rotatable bonds is 5. The minimum Gasteiger partial charge on any atom is -0.318 e. The molecule has 7 heteroatoms. The molecule has 3 aromatic rings. The van der Waals surface area contributed by atoms with Crippen molar-refractivity contribution in [3.05, 3.63) is 65.1 Å². The Bertz CT molecular complexity index is 1050. The van der Waals surface area contributed by atoms with Crippen molar-refractivity contribution in [2.75, 3.05) is 10.5 Å². The molecule has 0 fully saturated rings. The molecule has 0 saturated carbocycles. The Kier molecular flexibility index (Phi) is 4.78. The molecule has 0 aliphatic rings. The van der Waals surface area contributed by atoms with Crippen molar-refractivity contribution < 1.29 is 8.42 Å². The number of nitrogens with one attached hydrogen (secondary N) is 1. The van der Waals surface area contributed by atoms with Crippen molar-refractivity contribution in [1.29, 1.82) is 0 Å². The first-order chi connectivity index (χ1) is 11.9. The second-order valence-electron chi connectivity index (χ2n) is 5.59. The lowest BCUT2D eigenvalue weighted by Gasteiger charge is -2.05. The van der Waals surface area contributed by atoms with Crippen molar-refractivity contribution in [2.24, 2.45) is 7.05 Å². The lowest BCUT2D eigenvalue weighted by molar-refractivity contribution is 0.602. The summed E-state index contributed by atoms with van der Waals surface area (Å²) in [5.41, 5.74) is 2.66. The van der Waals surface area contributed by atoms with Crippen molar-refractivity contribution in [1.82, 2.24) is 4.57 Å². The predicted octanol–water partition coefficient (Wildman–Crippen LogP) is 3.54. The summed E-state index contributed by atoms with van der Waals surface area (Å²) in [6.45, 7) is 1.60. The Morgan fingerprint density at radius 1 is 1.08 bits per heavy atom. The third-order valence-electron chi connectivity index (χ3n) is 3.80.